The molecule has 3 rings (SSSR count). The van der Waals surface area contributed by atoms with Gasteiger partial charge in [0.1, 0.15) is 0 Å². The van der Waals surface area contributed by atoms with E-state index in [1.165, 1.54) is 19.3 Å². The third-order valence-corrected chi connectivity index (χ3v) is 4.87. The van der Waals surface area contributed by atoms with Crippen molar-refractivity contribution in [3.8, 4) is 0 Å². The zero-order chi connectivity index (χ0) is 16.2. The van der Waals surface area contributed by atoms with Gasteiger partial charge in [-0.1, -0.05) is 15.9 Å². The van der Waals surface area contributed by atoms with Gasteiger partial charge in [-0.2, -0.15) is 0 Å². The molecule has 6 heteroatoms. The van der Waals surface area contributed by atoms with E-state index in [-0.39, 0.29) is 5.91 Å². The van der Waals surface area contributed by atoms with Crippen molar-refractivity contribution in [2.24, 2.45) is 0 Å². The van der Waals surface area contributed by atoms with Gasteiger partial charge in [-0.25, -0.2) is 0 Å². The number of hydrogen-bond acceptors (Lipinski definition) is 4. The number of aromatic nitrogens is 2. The van der Waals surface area contributed by atoms with Crippen molar-refractivity contribution >= 4 is 33.3 Å². The maximum atomic E-state index is 12.3. The fourth-order valence-electron chi connectivity index (χ4n) is 2.66. The fourth-order valence-corrected chi connectivity index (χ4v) is 2.90. The molecule has 1 N–H and O–H groups in total. The molecule has 0 spiro atoms. The van der Waals surface area contributed by atoms with Crippen molar-refractivity contribution in [2.75, 3.05) is 23.3 Å². The maximum absolute atomic E-state index is 12.3. The summed E-state index contributed by atoms with van der Waals surface area (Å²) >= 11 is 3.45. The number of anilines is 2. The van der Waals surface area contributed by atoms with Gasteiger partial charge < -0.3 is 10.2 Å². The number of carbonyl (C=O) groups excluding carboxylic acids is 1. The molecule has 5 nitrogen and oxygen atoms in total. The van der Waals surface area contributed by atoms with Crippen LogP contribution in [-0.4, -0.2) is 29.2 Å². The van der Waals surface area contributed by atoms with Crippen LogP contribution < -0.4 is 10.2 Å². The summed E-state index contributed by atoms with van der Waals surface area (Å²) in [6.07, 6.45) is 3.65. The molecular weight excluding hydrogens is 356 g/mol. The Labute approximate surface area is 144 Å². The number of rotatable bonds is 3. The van der Waals surface area contributed by atoms with E-state index in [2.05, 4.69) is 36.3 Å². The van der Waals surface area contributed by atoms with E-state index in [9.17, 15) is 4.79 Å². The summed E-state index contributed by atoms with van der Waals surface area (Å²) < 4.78 is 1.01. The molecule has 1 amide bonds. The van der Waals surface area contributed by atoms with Gasteiger partial charge in [0.25, 0.3) is 5.91 Å². The lowest BCUT2D eigenvalue weighted by atomic mass is 10.1. The topological polar surface area (TPSA) is 58.1 Å². The first-order valence-electron chi connectivity index (χ1n) is 7.80. The van der Waals surface area contributed by atoms with Gasteiger partial charge in [0.15, 0.2) is 11.5 Å². The molecule has 1 aliphatic heterocycles. The van der Waals surface area contributed by atoms with Gasteiger partial charge in [-0.3, -0.25) is 4.79 Å². The van der Waals surface area contributed by atoms with Crippen LogP contribution in [0.2, 0.25) is 0 Å². The summed E-state index contributed by atoms with van der Waals surface area (Å²) in [6, 6.07) is 9.29. The second kappa shape index (κ2) is 7.08. The summed E-state index contributed by atoms with van der Waals surface area (Å²) in [5.41, 5.74) is 2.14. The SMILES string of the molecule is Cc1cc(NC(=O)c2ccc(N3CCCCC3)nn2)ccc1Br. The van der Waals surface area contributed by atoms with Crippen LogP contribution in [0.4, 0.5) is 11.5 Å². The summed E-state index contributed by atoms with van der Waals surface area (Å²) in [5, 5.41) is 11.1. The molecule has 1 saturated heterocycles. The molecule has 23 heavy (non-hydrogen) atoms. The number of carbonyl (C=O) groups is 1. The standard InChI is InChI=1S/C17H19BrN4O/c1-12-11-13(5-6-14(12)18)19-17(23)15-7-8-16(21-20-15)22-9-3-2-4-10-22/h5-8,11H,2-4,9-10H2,1H3,(H,19,23). The van der Waals surface area contributed by atoms with E-state index < -0.39 is 0 Å². The highest BCUT2D eigenvalue weighted by atomic mass is 79.9. The van der Waals surface area contributed by atoms with Gasteiger partial charge >= 0.3 is 0 Å². The first-order chi connectivity index (χ1) is 11.1. The number of piperidine rings is 1. The molecule has 0 bridgehead atoms. The molecule has 0 atom stereocenters. The highest BCUT2D eigenvalue weighted by Crippen LogP contribution is 2.21. The van der Waals surface area contributed by atoms with Gasteiger partial charge in [0.05, 0.1) is 0 Å². The van der Waals surface area contributed by atoms with Crippen LogP contribution in [0, 0.1) is 6.92 Å². The smallest absolute Gasteiger partial charge is 0.276 e. The second-order valence-corrected chi connectivity index (χ2v) is 6.60. The van der Waals surface area contributed by atoms with E-state index >= 15 is 0 Å². The van der Waals surface area contributed by atoms with E-state index in [0.717, 1.165) is 34.6 Å². The minimum atomic E-state index is -0.246. The van der Waals surface area contributed by atoms with Crippen LogP contribution in [0.3, 0.4) is 0 Å². The molecule has 2 aromatic rings. The monoisotopic (exact) mass is 374 g/mol. The number of hydrogen-bond donors (Lipinski definition) is 1. The highest BCUT2D eigenvalue weighted by molar-refractivity contribution is 9.10. The molecule has 1 aromatic heterocycles. The van der Waals surface area contributed by atoms with E-state index in [4.69, 9.17) is 0 Å². The minimum absolute atomic E-state index is 0.246. The predicted octanol–water partition coefficient (Wildman–Crippen LogP) is 3.79. The van der Waals surface area contributed by atoms with E-state index in [1.807, 2.05) is 31.2 Å². The lowest BCUT2D eigenvalue weighted by Gasteiger charge is -2.27. The fraction of sp³-hybridized carbons (Fsp3) is 0.353. The Morgan fingerprint density at radius 3 is 2.57 bits per heavy atom. The third kappa shape index (κ3) is 3.88. The van der Waals surface area contributed by atoms with Crippen molar-refractivity contribution in [3.63, 3.8) is 0 Å². The first kappa shape index (κ1) is 15.9. The van der Waals surface area contributed by atoms with Crippen molar-refractivity contribution in [2.45, 2.75) is 26.2 Å². The summed E-state index contributed by atoms with van der Waals surface area (Å²) in [4.78, 5) is 14.5. The average Bonchev–Trinajstić information content (AvgIpc) is 2.59. The maximum Gasteiger partial charge on any atom is 0.276 e. The second-order valence-electron chi connectivity index (χ2n) is 5.74. The molecule has 2 heterocycles. The largest absolute Gasteiger partial charge is 0.355 e. The third-order valence-electron chi connectivity index (χ3n) is 3.98. The van der Waals surface area contributed by atoms with Gasteiger partial charge in [-0.15, -0.1) is 10.2 Å². The van der Waals surface area contributed by atoms with Crippen molar-refractivity contribution < 1.29 is 4.79 Å². The minimum Gasteiger partial charge on any atom is -0.355 e. The number of nitrogens with one attached hydrogen (secondary N) is 1. The average molecular weight is 375 g/mol. The number of nitrogens with zero attached hydrogens (tertiary/aromatic N) is 3. The van der Waals surface area contributed by atoms with E-state index in [1.54, 1.807) is 6.07 Å². The number of halogens is 1. The number of aryl methyl sites for hydroxylation is 1. The first-order valence-corrected chi connectivity index (χ1v) is 8.59. The summed E-state index contributed by atoms with van der Waals surface area (Å²) in [7, 11) is 0. The summed E-state index contributed by atoms with van der Waals surface area (Å²) in [5.74, 6) is 0.602. The number of benzene rings is 1. The molecule has 0 unspecified atom stereocenters. The zero-order valence-corrected chi connectivity index (χ0v) is 14.6. The molecular formula is C17H19BrN4O. The Kier molecular flexibility index (Phi) is 4.91. The van der Waals surface area contributed by atoms with Crippen LogP contribution in [0.25, 0.3) is 0 Å². The molecule has 1 aromatic carbocycles. The van der Waals surface area contributed by atoms with Crippen LogP contribution >= 0.6 is 15.9 Å². The van der Waals surface area contributed by atoms with Gasteiger partial charge in [0, 0.05) is 23.2 Å². The quantitative estimate of drug-likeness (QED) is 0.887. The Morgan fingerprint density at radius 1 is 1.13 bits per heavy atom. The molecule has 1 aliphatic rings. The van der Waals surface area contributed by atoms with E-state index in [0.29, 0.717) is 5.69 Å². The molecule has 120 valence electrons. The van der Waals surface area contributed by atoms with Crippen LogP contribution in [0.1, 0.15) is 35.3 Å². The molecule has 0 aliphatic carbocycles. The zero-order valence-electron chi connectivity index (χ0n) is 13.1. The Hall–Kier alpha value is -1.95. The molecule has 0 saturated carbocycles. The van der Waals surface area contributed by atoms with Crippen LogP contribution in [-0.2, 0) is 0 Å². The van der Waals surface area contributed by atoms with Crippen molar-refractivity contribution in [1.29, 1.82) is 0 Å². The van der Waals surface area contributed by atoms with Crippen LogP contribution in [0.5, 0.6) is 0 Å². The van der Waals surface area contributed by atoms with Gasteiger partial charge in [-0.05, 0) is 62.1 Å². The predicted molar refractivity (Wildman–Crippen MR) is 94.9 cm³/mol. The van der Waals surface area contributed by atoms with Crippen molar-refractivity contribution in [1.82, 2.24) is 10.2 Å². The van der Waals surface area contributed by atoms with Crippen LogP contribution in [0.15, 0.2) is 34.8 Å². The Morgan fingerprint density at radius 2 is 1.91 bits per heavy atom. The van der Waals surface area contributed by atoms with Gasteiger partial charge in [0.2, 0.25) is 0 Å². The number of amides is 1. The molecule has 0 radical (unpaired) electrons. The van der Waals surface area contributed by atoms with Crippen molar-refractivity contribution in [3.05, 3.63) is 46.1 Å². The highest BCUT2D eigenvalue weighted by Gasteiger charge is 2.14. The lowest BCUT2D eigenvalue weighted by molar-refractivity contribution is 0.102. The normalized spacial score (nSPS) is 14.6. The Bertz CT molecular complexity index is 696. The molecule has 1 fully saturated rings. The summed E-state index contributed by atoms with van der Waals surface area (Å²) in [6.45, 7) is 4.00. The lowest BCUT2D eigenvalue weighted by Crippen LogP contribution is -2.30. The Balaban J connectivity index is 1.68.